The first-order valence-electron chi connectivity index (χ1n) is 6.86. The number of aryl methyl sites for hydroxylation is 1. The van der Waals surface area contributed by atoms with Gasteiger partial charge < -0.3 is 5.32 Å². The molecule has 2 aliphatic rings. The van der Waals surface area contributed by atoms with E-state index in [0.29, 0.717) is 0 Å². The van der Waals surface area contributed by atoms with E-state index in [4.69, 9.17) is 0 Å². The Morgan fingerprint density at radius 3 is 2.76 bits per heavy atom. The van der Waals surface area contributed by atoms with Crippen LogP contribution in [0.25, 0.3) is 0 Å². The van der Waals surface area contributed by atoms with Gasteiger partial charge in [-0.25, -0.2) is 0 Å². The third-order valence-corrected chi connectivity index (χ3v) is 4.33. The summed E-state index contributed by atoms with van der Waals surface area (Å²) >= 11 is 0. The van der Waals surface area contributed by atoms with Crippen molar-refractivity contribution >= 4 is 0 Å². The zero-order valence-corrected chi connectivity index (χ0v) is 10.7. The highest BCUT2D eigenvalue weighted by Crippen LogP contribution is 2.23. The summed E-state index contributed by atoms with van der Waals surface area (Å²) in [6.45, 7) is 7.13. The number of rotatable bonds is 1. The average Bonchev–Trinajstić information content (AvgIpc) is 2.65. The van der Waals surface area contributed by atoms with Crippen molar-refractivity contribution in [1.29, 1.82) is 0 Å². The molecule has 92 valence electrons. The first-order valence-corrected chi connectivity index (χ1v) is 6.86. The largest absolute Gasteiger partial charge is 0.315 e. The Kier molecular flexibility index (Phi) is 3.17. The fraction of sp³-hybridized carbons (Fsp3) is 0.600. The smallest absolute Gasteiger partial charge is 0.0261 e. The van der Waals surface area contributed by atoms with Gasteiger partial charge in [-0.15, -0.1) is 0 Å². The maximum absolute atomic E-state index is 3.52. The summed E-state index contributed by atoms with van der Waals surface area (Å²) in [5.74, 6) is 0.792. The lowest BCUT2D eigenvalue weighted by Crippen LogP contribution is -2.39. The van der Waals surface area contributed by atoms with Gasteiger partial charge in [-0.1, -0.05) is 31.2 Å². The first kappa shape index (κ1) is 11.2. The van der Waals surface area contributed by atoms with Gasteiger partial charge in [-0.2, -0.15) is 0 Å². The van der Waals surface area contributed by atoms with Gasteiger partial charge in [0.1, 0.15) is 0 Å². The molecule has 2 atom stereocenters. The highest BCUT2D eigenvalue weighted by atomic mass is 15.2. The molecule has 0 radical (unpaired) electrons. The van der Waals surface area contributed by atoms with Crippen molar-refractivity contribution in [3.63, 3.8) is 0 Å². The van der Waals surface area contributed by atoms with Crippen molar-refractivity contribution in [2.24, 2.45) is 5.92 Å². The van der Waals surface area contributed by atoms with Gasteiger partial charge in [0.05, 0.1) is 0 Å². The molecule has 2 aliphatic heterocycles. The Hall–Kier alpha value is -0.860. The van der Waals surface area contributed by atoms with Crippen molar-refractivity contribution in [1.82, 2.24) is 10.2 Å². The SMILES string of the molecule is CC1CNCC1N1CCCc2ccccc2C1. The van der Waals surface area contributed by atoms with Crippen molar-refractivity contribution in [2.45, 2.75) is 32.4 Å². The molecule has 2 unspecified atom stereocenters. The van der Waals surface area contributed by atoms with Crippen LogP contribution in [0.2, 0.25) is 0 Å². The topological polar surface area (TPSA) is 15.3 Å². The molecule has 1 aromatic rings. The molecular formula is C15H22N2. The van der Waals surface area contributed by atoms with Gasteiger partial charge in [0.25, 0.3) is 0 Å². The number of nitrogens with zero attached hydrogens (tertiary/aromatic N) is 1. The molecule has 2 heteroatoms. The number of benzene rings is 1. The van der Waals surface area contributed by atoms with Gasteiger partial charge in [0.2, 0.25) is 0 Å². The van der Waals surface area contributed by atoms with Gasteiger partial charge >= 0.3 is 0 Å². The van der Waals surface area contributed by atoms with E-state index in [1.165, 1.54) is 32.5 Å². The Morgan fingerprint density at radius 2 is 2.00 bits per heavy atom. The number of fused-ring (bicyclic) bond motifs is 1. The summed E-state index contributed by atoms with van der Waals surface area (Å²) in [7, 11) is 0. The monoisotopic (exact) mass is 230 g/mol. The molecule has 0 amide bonds. The highest BCUT2D eigenvalue weighted by molar-refractivity contribution is 5.28. The Labute approximate surface area is 104 Å². The summed E-state index contributed by atoms with van der Waals surface area (Å²) in [6.07, 6.45) is 2.56. The van der Waals surface area contributed by atoms with Crippen molar-refractivity contribution in [3.05, 3.63) is 35.4 Å². The molecule has 2 heterocycles. The zero-order chi connectivity index (χ0) is 11.7. The van der Waals surface area contributed by atoms with Crippen LogP contribution in [-0.2, 0) is 13.0 Å². The molecule has 17 heavy (non-hydrogen) atoms. The summed E-state index contributed by atoms with van der Waals surface area (Å²) < 4.78 is 0. The average molecular weight is 230 g/mol. The molecule has 3 rings (SSSR count). The summed E-state index contributed by atoms with van der Waals surface area (Å²) in [5, 5.41) is 3.52. The third-order valence-electron chi connectivity index (χ3n) is 4.33. The predicted molar refractivity (Wildman–Crippen MR) is 71.0 cm³/mol. The Morgan fingerprint density at radius 1 is 1.18 bits per heavy atom. The van der Waals surface area contributed by atoms with E-state index < -0.39 is 0 Å². The quantitative estimate of drug-likeness (QED) is 0.794. The molecule has 1 aromatic carbocycles. The van der Waals surface area contributed by atoms with Gasteiger partial charge in [0, 0.05) is 19.1 Å². The molecular weight excluding hydrogens is 208 g/mol. The van der Waals surface area contributed by atoms with Gasteiger partial charge in [0.15, 0.2) is 0 Å². The van der Waals surface area contributed by atoms with Gasteiger partial charge in [-0.3, -0.25) is 4.90 Å². The van der Waals surface area contributed by atoms with Crippen LogP contribution in [-0.4, -0.2) is 30.6 Å². The van der Waals surface area contributed by atoms with Crippen LogP contribution in [0.1, 0.15) is 24.5 Å². The fourth-order valence-corrected chi connectivity index (χ4v) is 3.29. The highest BCUT2D eigenvalue weighted by Gasteiger charge is 2.29. The van der Waals surface area contributed by atoms with Gasteiger partial charge in [-0.05, 0) is 43.0 Å². The zero-order valence-electron chi connectivity index (χ0n) is 10.7. The number of hydrogen-bond acceptors (Lipinski definition) is 2. The van der Waals surface area contributed by atoms with Crippen LogP contribution in [0.15, 0.2) is 24.3 Å². The summed E-state index contributed by atoms with van der Waals surface area (Å²) in [4.78, 5) is 2.69. The van der Waals surface area contributed by atoms with Crippen LogP contribution in [0.5, 0.6) is 0 Å². The van der Waals surface area contributed by atoms with Crippen LogP contribution in [0.3, 0.4) is 0 Å². The second kappa shape index (κ2) is 4.79. The number of nitrogens with one attached hydrogen (secondary N) is 1. The third kappa shape index (κ3) is 2.24. The van der Waals surface area contributed by atoms with Crippen molar-refractivity contribution in [2.75, 3.05) is 19.6 Å². The Balaban J connectivity index is 1.80. The van der Waals surface area contributed by atoms with E-state index in [1.54, 1.807) is 11.1 Å². The van der Waals surface area contributed by atoms with Crippen LogP contribution >= 0.6 is 0 Å². The second-order valence-electron chi connectivity index (χ2n) is 5.55. The lowest BCUT2D eigenvalue weighted by molar-refractivity contribution is 0.172. The molecule has 2 nitrogen and oxygen atoms in total. The summed E-state index contributed by atoms with van der Waals surface area (Å²) in [6, 6.07) is 9.70. The maximum atomic E-state index is 3.52. The van der Waals surface area contributed by atoms with E-state index >= 15 is 0 Å². The molecule has 1 fully saturated rings. The normalized spacial score (nSPS) is 29.9. The number of hydrogen-bond donors (Lipinski definition) is 1. The van der Waals surface area contributed by atoms with Crippen LogP contribution in [0, 0.1) is 5.92 Å². The van der Waals surface area contributed by atoms with Crippen molar-refractivity contribution < 1.29 is 0 Å². The molecule has 0 spiro atoms. The molecule has 1 N–H and O–H groups in total. The maximum Gasteiger partial charge on any atom is 0.0261 e. The molecule has 0 aliphatic carbocycles. The fourth-order valence-electron chi connectivity index (χ4n) is 3.29. The van der Waals surface area contributed by atoms with E-state index in [-0.39, 0.29) is 0 Å². The standard InChI is InChI=1S/C15H22N2/c1-12-9-16-10-15(12)17-8-4-7-13-5-2-3-6-14(13)11-17/h2-3,5-6,12,15-16H,4,7-11H2,1H3. The minimum Gasteiger partial charge on any atom is -0.315 e. The minimum atomic E-state index is 0.737. The minimum absolute atomic E-state index is 0.737. The first-order chi connectivity index (χ1) is 8.34. The van der Waals surface area contributed by atoms with Crippen LogP contribution in [0.4, 0.5) is 0 Å². The van der Waals surface area contributed by atoms with E-state index in [2.05, 4.69) is 41.4 Å². The second-order valence-corrected chi connectivity index (χ2v) is 5.55. The van der Waals surface area contributed by atoms with Crippen LogP contribution < -0.4 is 5.32 Å². The molecule has 0 aromatic heterocycles. The Bertz CT molecular complexity index is 388. The molecule has 0 bridgehead atoms. The van der Waals surface area contributed by atoms with E-state index in [9.17, 15) is 0 Å². The lowest BCUT2D eigenvalue weighted by atomic mass is 10.0. The van der Waals surface area contributed by atoms with E-state index in [0.717, 1.165) is 18.5 Å². The van der Waals surface area contributed by atoms with E-state index in [1.807, 2.05) is 0 Å². The lowest BCUT2D eigenvalue weighted by Gasteiger charge is -2.30. The molecule has 1 saturated heterocycles. The van der Waals surface area contributed by atoms with Crippen molar-refractivity contribution in [3.8, 4) is 0 Å². The molecule has 0 saturated carbocycles. The summed E-state index contributed by atoms with van der Waals surface area (Å²) in [5.41, 5.74) is 3.11. The predicted octanol–water partition coefficient (Wildman–Crippen LogP) is 2.04.